The van der Waals surface area contributed by atoms with Crippen molar-refractivity contribution in [3.8, 4) is 5.75 Å². The van der Waals surface area contributed by atoms with Gasteiger partial charge in [-0.15, -0.1) is 0 Å². The lowest BCUT2D eigenvalue weighted by Crippen LogP contribution is -2.31. The Morgan fingerprint density at radius 3 is 2.41 bits per heavy atom. The van der Waals surface area contributed by atoms with Gasteiger partial charge in [-0.2, -0.15) is 0 Å². The molecule has 0 aliphatic heterocycles. The molecule has 1 N–H and O–H groups in total. The van der Waals surface area contributed by atoms with Crippen LogP contribution in [0.3, 0.4) is 0 Å². The maximum Gasteiger partial charge on any atom is 0.142 e. The minimum absolute atomic E-state index is 0.304. The van der Waals surface area contributed by atoms with Crippen LogP contribution in [0.15, 0.2) is 60.7 Å². The number of rotatable bonds is 7. The Bertz CT molecular complexity index is 880. The molecule has 0 aliphatic carbocycles. The standard InChI is InChI=1S/C22H26N4O/c1-16(2)26(15-18-10-6-5-7-11-18)22-14-21(23-17(3)24-22)25-19-12-8-9-13-20(19)27-4/h5-14,16H,15H2,1-4H3,(H,23,24,25). The fourth-order valence-corrected chi connectivity index (χ4v) is 2.96. The van der Waals surface area contributed by atoms with E-state index in [-0.39, 0.29) is 0 Å². The van der Waals surface area contributed by atoms with Crippen LogP contribution in [0.4, 0.5) is 17.3 Å². The molecule has 0 amide bonds. The molecular formula is C22H26N4O. The summed E-state index contributed by atoms with van der Waals surface area (Å²) >= 11 is 0. The quantitative estimate of drug-likeness (QED) is 0.644. The number of hydrogen-bond donors (Lipinski definition) is 1. The molecule has 5 nitrogen and oxygen atoms in total. The number of anilines is 3. The molecule has 0 aliphatic rings. The fourth-order valence-electron chi connectivity index (χ4n) is 2.96. The van der Waals surface area contributed by atoms with E-state index in [2.05, 4.69) is 58.3 Å². The molecule has 1 heterocycles. The van der Waals surface area contributed by atoms with Crippen LogP contribution in [0.1, 0.15) is 25.2 Å². The molecule has 0 atom stereocenters. The van der Waals surface area contributed by atoms with Crippen molar-refractivity contribution in [1.82, 2.24) is 9.97 Å². The van der Waals surface area contributed by atoms with E-state index in [0.29, 0.717) is 6.04 Å². The lowest BCUT2D eigenvalue weighted by molar-refractivity contribution is 0.417. The van der Waals surface area contributed by atoms with Gasteiger partial charge in [0.05, 0.1) is 12.8 Å². The van der Waals surface area contributed by atoms with Crippen LogP contribution >= 0.6 is 0 Å². The third kappa shape index (κ3) is 4.76. The third-order valence-corrected chi connectivity index (χ3v) is 4.31. The van der Waals surface area contributed by atoms with Crippen LogP contribution in [0.2, 0.25) is 0 Å². The predicted molar refractivity (Wildman–Crippen MR) is 111 cm³/mol. The summed E-state index contributed by atoms with van der Waals surface area (Å²) in [6.07, 6.45) is 0. The molecule has 0 bridgehead atoms. The van der Waals surface area contributed by atoms with Gasteiger partial charge in [0.2, 0.25) is 0 Å². The second-order valence-electron chi connectivity index (χ2n) is 6.69. The lowest BCUT2D eigenvalue weighted by Gasteiger charge is -2.28. The lowest BCUT2D eigenvalue weighted by atomic mass is 10.2. The van der Waals surface area contributed by atoms with E-state index in [0.717, 1.165) is 35.4 Å². The summed E-state index contributed by atoms with van der Waals surface area (Å²) in [6.45, 7) is 7.06. The van der Waals surface area contributed by atoms with Crippen molar-refractivity contribution in [2.45, 2.75) is 33.4 Å². The first-order chi connectivity index (χ1) is 13.1. The first kappa shape index (κ1) is 18.7. The van der Waals surface area contributed by atoms with E-state index in [1.54, 1.807) is 7.11 Å². The van der Waals surface area contributed by atoms with Gasteiger partial charge in [0.15, 0.2) is 0 Å². The van der Waals surface area contributed by atoms with Crippen molar-refractivity contribution in [3.05, 3.63) is 72.1 Å². The molecule has 0 fully saturated rings. The molecule has 3 aromatic rings. The number of aromatic nitrogens is 2. The van der Waals surface area contributed by atoms with Crippen molar-refractivity contribution in [2.75, 3.05) is 17.3 Å². The average molecular weight is 362 g/mol. The Hall–Kier alpha value is -3.08. The molecule has 0 saturated carbocycles. The minimum Gasteiger partial charge on any atom is -0.495 e. The van der Waals surface area contributed by atoms with E-state index in [1.807, 2.05) is 43.3 Å². The highest BCUT2D eigenvalue weighted by Crippen LogP contribution is 2.28. The van der Waals surface area contributed by atoms with Crippen LogP contribution in [-0.4, -0.2) is 23.1 Å². The molecule has 0 radical (unpaired) electrons. The fraction of sp³-hybridized carbons (Fsp3) is 0.273. The summed E-state index contributed by atoms with van der Waals surface area (Å²) in [4.78, 5) is 11.5. The summed E-state index contributed by atoms with van der Waals surface area (Å²) < 4.78 is 5.43. The Kier molecular flexibility index (Phi) is 5.91. The van der Waals surface area contributed by atoms with Crippen LogP contribution in [0.5, 0.6) is 5.75 Å². The summed E-state index contributed by atoms with van der Waals surface area (Å²) in [6, 6.07) is 20.5. The normalized spacial score (nSPS) is 10.7. The molecule has 3 rings (SSSR count). The number of para-hydroxylation sites is 2. The SMILES string of the molecule is COc1ccccc1Nc1cc(N(Cc2ccccc2)C(C)C)nc(C)n1. The Balaban J connectivity index is 1.91. The number of ether oxygens (including phenoxy) is 1. The zero-order valence-corrected chi connectivity index (χ0v) is 16.3. The maximum atomic E-state index is 5.43. The van der Waals surface area contributed by atoms with Crippen molar-refractivity contribution in [1.29, 1.82) is 0 Å². The van der Waals surface area contributed by atoms with E-state index in [9.17, 15) is 0 Å². The molecule has 140 valence electrons. The van der Waals surface area contributed by atoms with Gasteiger partial charge in [0, 0.05) is 18.7 Å². The van der Waals surface area contributed by atoms with Crippen LogP contribution in [0, 0.1) is 6.92 Å². The Labute approximate surface area is 161 Å². The third-order valence-electron chi connectivity index (χ3n) is 4.31. The van der Waals surface area contributed by atoms with Gasteiger partial charge < -0.3 is 15.0 Å². The second kappa shape index (κ2) is 8.54. The summed E-state index contributed by atoms with van der Waals surface area (Å²) in [5, 5.41) is 3.36. The number of nitrogens with one attached hydrogen (secondary N) is 1. The van der Waals surface area contributed by atoms with Crippen LogP contribution in [0.25, 0.3) is 0 Å². The molecule has 5 heteroatoms. The Morgan fingerprint density at radius 2 is 1.70 bits per heavy atom. The zero-order chi connectivity index (χ0) is 19.2. The van der Waals surface area contributed by atoms with E-state index in [4.69, 9.17) is 4.74 Å². The largest absolute Gasteiger partial charge is 0.495 e. The molecule has 0 spiro atoms. The molecule has 0 unspecified atom stereocenters. The summed E-state index contributed by atoms with van der Waals surface area (Å²) in [5.74, 6) is 3.16. The zero-order valence-electron chi connectivity index (χ0n) is 16.3. The van der Waals surface area contributed by atoms with Gasteiger partial charge in [-0.25, -0.2) is 9.97 Å². The van der Waals surface area contributed by atoms with Gasteiger partial charge >= 0.3 is 0 Å². The number of aryl methyl sites for hydroxylation is 1. The van der Waals surface area contributed by atoms with E-state index >= 15 is 0 Å². The van der Waals surface area contributed by atoms with Crippen LogP contribution < -0.4 is 15.0 Å². The number of benzene rings is 2. The first-order valence-electron chi connectivity index (χ1n) is 9.13. The molecule has 27 heavy (non-hydrogen) atoms. The molecular weight excluding hydrogens is 336 g/mol. The van der Waals surface area contributed by atoms with Crippen molar-refractivity contribution in [3.63, 3.8) is 0 Å². The first-order valence-corrected chi connectivity index (χ1v) is 9.13. The average Bonchev–Trinajstić information content (AvgIpc) is 2.66. The smallest absolute Gasteiger partial charge is 0.142 e. The monoisotopic (exact) mass is 362 g/mol. The maximum absolute atomic E-state index is 5.43. The highest BCUT2D eigenvalue weighted by Gasteiger charge is 2.15. The van der Waals surface area contributed by atoms with Gasteiger partial charge in [-0.05, 0) is 38.5 Å². The van der Waals surface area contributed by atoms with Crippen molar-refractivity contribution in [2.24, 2.45) is 0 Å². The van der Waals surface area contributed by atoms with Gasteiger partial charge in [-0.1, -0.05) is 42.5 Å². The summed E-state index contributed by atoms with van der Waals surface area (Å²) in [7, 11) is 1.66. The Morgan fingerprint density at radius 1 is 1.00 bits per heavy atom. The van der Waals surface area contributed by atoms with Crippen molar-refractivity contribution >= 4 is 17.3 Å². The molecule has 2 aromatic carbocycles. The van der Waals surface area contributed by atoms with Gasteiger partial charge in [0.1, 0.15) is 23.2 Å². The highest BCUT2D eigenvalue weighted by atomic mass is 16.5. The van der Waals surface area contributed by atoms with E-state index in [1.165, 1.54) is 5.56 Å². The van der Waals surface area contributed by atoms with Crippen molar-refractivity contribution < 1.29 is 4.74 Å². The molecule has 1 aromatic heterocycles. The number of methoxy groups -OCH3 is 1. The molecule has 0 saturated heterocycles. The minimum atomic E-state index is 0.304. The van der Waals surface area contributed by atoms with E-state index < -0.39 is 0 Å². The number of nitrogens with zero attached hydrogens (tertiary/aromatic N) is 3. The van der Waals surface area contributed by atoms with Crippen LogP contribution in [-0.2, 0) is 6.54 Å². The highest BCUT2D eigenvalue weighted by molar-refractivity contribution is 5.65. The van der Waals surface area contributed by atoms with Gasteiger partial charge in [-0.3, -0.25) is 0 Å². The predicted octanol–water partition coefficient (Wildman–Crippen LogP) is 4.95. The second-order valence-corrected chi connectivity index (χ2v) is 6.69. The summed E-state index contributed by atoms with van der Waals surface area (Å²) in [5.41, 5.74) is 2.13. The van der Waals surface area contributed by atoms with Gasteiger partial charge in [0.25, 0.3) is 0 Å². The number of hydrogen-bond acceptors (Lipinski definition) is 5. The topological polar surface area (TPSA) is 50.3 Å².